The molecule has 17 heavy (non-hydrogen) atoms. The molecular formula is C12H8N2O2S. The van der Waals surface area contributed by atoms with Gasteiger partial charge in [0.25, 0.3) is 0 Å². The standard InChI is InChI=1S/C12H8N2O2S/c13-6-9-5-8-3-1-2-4-10(8)14-12(9)17-7-11(15)16/h1-5H,7H2,(H,15,16). The van der Waals surface area contributed by atoms with Crippen molar-refractivity contribution in [2.45, 2.75) is 5.03 Å². The molecule has 0 spiro atoms. The van der Waals surface area contributed by atoms with Crippen molar-refractivity contribution in [1.29, 1.82) is 5.26 Å². The minimum atomic E-state index is -0.922. The van der Waals surface area contributed by atoms with Gasteiger partial charge in [-0.15, -0.1) is 0 Å². The van der Waals surface area contributed by atoms with Crippen LogP contribution in [-0.2, 0) is 4.79 Å². The van der Waals surface area contributed by atoms with Gasteiger partial charge in [0.15, 0.2) is 0 Å². The second kappa shape index (κ2) is 4.85. The van der Waals surface area contributed by atoms with Gasteiger partial charge in [-0.3, -0.25) is 4.79 Å². The van der Waals surface area contributed by atoms with E-state index in [1.54, 1.807) is 6.07 Å². The molecule has 0 atom stereocenters. The van der Waals surface area contributed by atoms with E-state index in [0.717, 1.165) is 22.7 Å². The van der Waals surface area contributed by atoms with Crippen molar-refractivity contribution in [3.05, 3.63) is 35.9 Å². The van der Waals surface area contributed by atoms with Crippen molar-refractivity contribution in [3.63, 3.8) is 0 Å². The number of hydrogen-bond acceptors (Lipinski definition) is 4. The fourth-order valence-corrected chi connectivity index (χ4v) is 2.10. The quantitative estimate of drug-likeness (QED) is 0.838. The summed E-state index contributed by atoms with van der Waals surface area (Å²) in [7, 11) is 0. The highest BCUT2D eigenvalue weighted by atomic mass is 32.2. The second-order valence-electron chi connectivity index (χ2n) is 3.33. The molecule has 0 bridgehead atoms. The summed E-state index contributed by atoms with van der Waals surface area (Å²) in [6, 6.07) is 11.2. The van der Waals surface area contributed by atoms with Crippen LogP contribution in [0.5, 0.6) is 0 Å². The van der Waals surface area contributed by atoms with Crippen molar-refractivity contribution in [2.24, 2.45) is 0 Å². The molecule has 0 unspecified atom stereocenters. The predicted molar refractivity (Wildman–Crippen MR) is 64.8 cm³/mol. The largest absolute Gasteiger partial charge is 0.481 e. The van der Waals surface area contributed by atoms with Crippen LogP contribution < -0.4 is 0 Å². The number of aliphatic carboxylic acids is 1. The van der Waals surface area contributed by atoms with Crippen molar-refractivity contribution in [2.75, 3.05) is 5.75 Å². The molecule has 0 aliphatic carbocycles. The van der Waals surface area contributed by atoms with E-state index in [0.29, 0.717) is 10.6 Å². The van der Waals surface area contributed by atoms with Gasteiger partial charge in [0.05, 0.1) is 16.8 Å². The molecule has 4 nitrogen and oxygen atoms in total. The summed E-state index contributed by atoms with van der Waals surface area (Å²) in [5.74, 6) is -1.02. The molecule has 0 fully saturated rings. The Bertz CT molecular complexity index is 619. The van der Waals surface area contributed by atoms with Crippen molar-refractivity contribution < 1.29 is 9.90 Å². The first-order chi connectivity index (χ1) is 8.20. The zero-order chi connectivity index (χ0) is 12.3. The molecule has 2 aromatic rings. The molecule has 0 aliphatic heterocycles. The summed E-state index contributed by atoms with van der Waals surface area (Å²) in [4.78, 5) is 14.8. The Morgan fingerprint density at radius 2 is 2.24 bits per heavy atom. The number of nitriles is 1. The molecule has 84 valence electrons. The number of fused-ring (bicyclic) bond motifs is 1. The lowest BCUT2D eigenvalue weighted by molar-refractivity contribution is -0.133. The van der Waals surface area contributed by atoms with Gasteiger partial charge >= 0.3 is 5.97 Å². The van der Waals surface area contributed by atoms with Crippen LogP contribution in [-0.4, -0.2) is 21.8 Å². The van der Waals surface area contributed by atoms with Gasteiger partial charge in [0.2, 0.25) is 0 Å². The van der Waals surface area contributed by atoms with E-state index in [9.17, 15) is 4.79 Å². The van der Waals surface area contributed by atoms with E-state index in [1.165, 1.54) is 0 Å². The highest BCUT2D eigenvalue weighted by Gasteiger charge is 2.08. The summed E-state index contributed by atoms with van der Waals surface area (Å²) < 4.78 is 0. The molecule has 0 radical (unpaired) electrons. The molecule has 1 heterocycles. The third-order valence-corrected chi connectivity index (χ3v) is 3.12. The van der Waals surface area contributed by atoms with Crippen LogP contribution in [0.1, 0.15) is 5.56 Å². The number of carbonyl (C=O) groups is 1. The molecule has 0 saturated heterocycles. The van der Waals surface area contributed by atoms with Crippen LogP contribution in [0, 0.1) is 11.3 Å². The Balaban J connectivity index is 2.46. The Morgan fingerprint density at radius 3 is 2.94 bits per heavy atom. The molecule has 1 aromatic heterocycles. The third kappa shape index (κ3) is 2.55. The average Bonchev–Trinajstić information content (AvgIpc) is 2.35. The molecule has 0 amide bonds. The number of rotatable bonds is 3. The average molecular weight is 244 g/mol. The fraction of sp³-hybridized carbons (Fsp3) is 0.0833. The van der Waals surface area contributed by atoms with Crippen LogP contribution in [0.15, 0.2) is 35.4 Å². The monoisotopic (exact) mass is 244 g/mol. The van der Waals surface area contributed by atoms with Crippen LogP contribution in [0.4, 0.5) is 0 Å². The number of hydrogen-bond donors (Lipinski definition) is 1. The van der Waals surface area contributed by atoms with Crippen molar-refractivity contribution in [3.8, 4) is 6.07 Å². The lowest BCUT2D eigenvalue weighted by Crippen LogP contribution is -1.99. The first kappa shape index (κ1) is 11.4. The zero-order valence-corrected chi connectivity index (χ0v) is 9.57. The number of benzene rings is 1. The Hall–Kier alpha value is -2.06. The van der Waals surface area contributed by atoms with Gasteiger partial charge in [-0.05, 0) is 12.1 Å². The van der Waals surface area contributed by atoms with Crippen molar-refractivity contribution in [1.82, 2.24) is 4.98 Å². The maximum atomic E-state index is 10.5. The van der Waals surface area contributed by atoms with Gasteiger partial charge in [-0.2, -0.15) is 5.26 Å². The molecule has 0 saturated carbocycles. The highest BCUT2D eigenvalue weighted by Crippen LogP contribution is 2.24. The van der Waals surface area contributed by atoms with E-state index in [1.807, 2.05) is 30.3 Å². The molecular weight excluding hydrogens is 236 g/mol. The molecule has 0 aliphatic rings. The maximum Gasteiger partial charge on any atom is 0.313 e. The minimum absolute atomic E-state index is 0.0972. The maximum absolute atomic E-state index is 10.5. The number of para-hydroxylation sites is 1. The summed E-state index contributed by atoms with van der Waals surface area (Å²) >= 11 is 1.06. The number of pyridine rings is 1. The van der Waals surface area contributed by atoms with Crippen molar-refractivity contribution >= 4 is 28.6 Å². The van der Waals surface area contributed by atoms with Crippen LogP contribution in [0.2, 0.25) is 0 Å². The lowest BCUT2D eigenvalue weighted by Gasteiger charge is -2.03. The van der Waals surface area contributed by atoms with Crippen LogP contribution >= 0.6 is 11.8 Å². The zero-order valence-electron chi connectivity index (χ0n) is 8.75. The lowest BCUT2D eigenvalue weighted by atomic mass is 10.2. The topological polar surface area (TPSA) is 74.0 Å². The van der Waals surface area contributed by atoms with Gasteiger partial charge in [0.1, 0.15) is 11.1 Å². The van der Waals surface area contributed by atoms with E-state index in [-0.39, 0.29) is 5.75 Å². The first-order valence-corrected chi connectivity index (χ1v) is 5.84. The third-order valence-electron chi connectivity index (χ3n) is 2.14. The van der Waals surface area contributed by atoms with Crippen LogP contribution in [0.25, 0.3) is 10.9 Å². The number of carboxylic acid groups (broad SMARTS) is 1. The van der Waals surface area contributed by atoms with E-state index in [2.05, 4.69) is 4.98 Å². The molecule has 2 rings (SSSR count). The smallest absolute Gasteiger partial charge is 0.313 e. The summed E-state index contributed by atoms with van der Waals surface area (Å²) in [6.45, 7) is 0. The van der Waals surface area contributed by atoms with Crippen LogP contribution in [0.3, 0.4) is 0 Å². The van der Waals surface area contributed by atoms with E-state index < -0.39 is 5.97 Å². The van der Waals surface area contributed by atoms with Gasteiger partial charge in [-0.25, -0.2) is 4.98 Å². The normalized spacial score (nSPS) is 10.1. The minimum Gasteiger partial charge on any atom is -0.481 e. The number of aromatic nitrogens is 1. The van der Waals surface area contributed by atoms with E-state index >= 15 is 0 Å². The number of carboxylic acids is 1. The Labute approximate surface area is 102 Å². The summed E-state index contributed by atoms with van der Waals surface area (Å²) in [5.41, 5.74) is 1.18. The number of nitrogens with zero attached hydrogens (tertiary/aromatic N) is 2. The molecule has 5 heteroatoms. The Kier molecular flexibility index (Phi) is 3.26. The first-order valence-electron chi connectivity index (χ1n) is 4.85. The predicted octanol–water partition coefficient (Wildman–Crippen LogP) is 2.28. The number of thioether (sulfide) groups is 1. The highest BCUT2D eigenvalue weighted by molar-refractivity contribution is 7.99. The molecule has 1 aromatic carbocycles. The summed E-state index contributed by atoms with van der Waals surface area (Å²) in [5, 5.41) is 19.0. The van der Waals surface area contributed by atoms with Gasteiger partial charge in [-0.1, -0.05) is 30.0 Å². The summed E-state index contributed by atoms with van der Waals surface area (Å²) in [6.07, 6.45) is 0. The van der Waals surface area contributed by atoms with Gasteiger partial charge < -0.3 is 5.11 Å². The Morgan fingerprint density at radius 1 is 1.47 bits per heavy atom. The van der Waals surface area contributed by atoms with E-state index in [4.69, 9.17) is 10.4 Å². The second-order valence-corrected chi connectivity index (χ2v) is 4.29. The van der Waals surface area contributed by atoms with Gasteiger partial charge in [0, 0.05) is 5.39 Å². The fourth-order valence-electron chi connectivity index (χ4n) is 1.42. The SMILES string of the molecule is N#Cc1cc2ccccc2nc1SCC(=O)O. The molecule has 1 N–H and O–H groups in total.